The van der Waals surface area contributed by atoms with Crippen molar-refractivity contribution >= 4 is 28.8 Å². The molecule has 0 bridgehead atoms. The van der Waals surface area contributed by atoms with E-state index in [-0.39, 0.29) is 5.91 Å². The standard InChI is InChI=1S/C13H13ClN2O2S/c1-8-2-3-10(14)6-11(8)18-7-9-4-5-19-12(9)13(17)16-15/h2-6H,7,15H2,1H3,(H,16,17). The number of benzene rings is 1. The van der Waals surface area contributed by atoms with Gasteiger partial charge >= 0.3 is 0 Å². The highest BCUT2D eigenvalue weighted by Crippen LogP contribution is 2.25. The summed E-state index contributed by atoms with van der Waals surface area (Å²) in [6.07, 6.45) is 0. The number of aryl methyl sites for hydroxylation is 1. The number of carbonyl (C=O) groups excluding carboxylic acids is 1. The van der Waals surface area contributed by atoms with Crippen LogP contribution in [0, 0.1) is 6.92 Å². The van der Waals surface area contributed by atoms with E-state index in [1.807, 2.05) is 30.5 Å². The molecule has 1 aromatic heterocycles. The third-order valence-electron chi connectivity index (χ3n) is 2.62. The Morgan fingerprint density at radius 1 is 1.47 bits per heavy atom. The van der Waals surface area contributed by atoms with E-state index in [4.69, 9.17) is 22.2 Å². The van der Waals surface area contributed by atoms with Crippen LogP contribution in [0.25, 0.3) is 0 Å². The van der Waals surface area contributed by atoms with Crippen LogP contribution in [0.3, 0.4) is 0 Å². The molecule has 100 valence electrons. The first-order valence-electron chi connectivity index (χ1n) is 5.58. The van der Waals surface area contributed by atoms with E-state index in [0.717, 1.165) is 11.1 Å². The predicted octanol–water partition coefficient (Wildman–Crippen LogP) is 2.89. The van der Waals surface area contributed by atoms with Gasteiger partial charge in [0.25, 0.3) is 5.91 Å². The summed E-state index contributed by atoms with van der Waals surface area (Å²) in [5, 5.41) is 2.44. The zero-order chi connectivity index (χ0) is 13.8. The van der Waals surface area contributed by atoms with Gasteiger partial charge in [-0.2, -0.15) is 0 Å². The van der Waals surface area contributed by atoms with Gasteiger partial charge in [-0.05, 0) is 36.1 Å². The molecule has 0 aliphatic carbocycles. The molecule has 0 saturated heterocycles. The number of hydrogen-bond acceptors (Lipinski definition) is 4. The van der Waals surface area contributed by atoms with Gasteiger partial charge in [-0.15, -0.1) is 11.3 Å². The minimum absolute atomic E-state index is 0.299. The van der Waals surface area contributed by atoms with Crippen molar-refractivity contribution in [3.05, 3.63) is 50.7 Å². The number of thiophene rings is 1. The number of nitrogens with two attached hydrogens (primary N) is 1. The van der Waals surface area contributed by atoms with Crippen molar-refractivity contribution in [3.8, 4) is 5.75 Å². The largest absolute Gasteiger partial charge is 0.489 e. The summed E-state index contributed by atoms with van der Waals surface area (Å²) >= 11 is 7.25. The lowest BCUT2D eigenvalue weighted by Gasteiger charge is -2.09. The maximum absolute atomic E-state index is 11.5. The fourth-order valence-electron chi connectivity index (χ4n) is 1.60. The second-order valence-electron chi connectivity index (χ2n) is 3.95. The summed E-state index contributed by atoms with van der Waals surface area (Å²) in [5.41, 5.74) is 3.91. The summed E-state index contributed by atoms with van der Waals surface area (Å²) in [5.74, 6) is 5.53. The van der Waals surface area contributed by atoms with Crippen LogP contribution >= 0.6 is 22.9 Å². The maximum Gasteiger partial charge on any atom is 0.275 e. The summed E-state index contributed by atoms with van der Waals surface area (Å²) in [7, 11) is 0. The molecule has 3 N–H and O–H groups in total. The summed E-state index contributed by atoms with van der Waals surface area (Å²) < 4.78 is 5.70. The lowest BCUT2D eigenvalue weighted by molar-refractivity contribution is 0.0955. The Balaban J connectivity index is 2.13. The highest BCUT2D eigenvalue weighted by atomic mass is 35.5. The van der Waals surface area contributed by atoms with E-state index in [9.17, 15) is 4.79 Å². The van der Waals surface area contributed by atoms with Crippen LogP contribution in [-0.4, -0.2) is 5.91 Å². The van der Waals surface area contributed by atoms with Crippen LogP contribution in [0.2, 0.25) is 5.02 Å². The number of amides is 1. The minimum atomic E-state index is -0.309. The summed E-state index contributed by atoms with van der Waals surface area (Å²) in [6.45, 7) is 2.24. The van der Waals surface area contributed by atoms with E-state index in [1.165, 1.54) is 11.3 Å². The molecule has 19 heavy (non-hydrogen) atoms. The van der Waals surface area contributed by atoms with Crippen molar-refractivity contribution in [2.24, 2.45) is 5.84 Å². The second kappa shape index (κ2) is 6.06. The van der Waals surface area contributed by atoms with Crippen LogP contribution in [0.4, 0.5) is 0 Å². The SMILES string of the molecule is Cc1ccc(Cl)cc1OCc1ccsc1C(=O)NN. The molecule has 2 aromatic rings. The van der Waals surface area contributed by atoms with Gasteiger partial charge in [-0.25, -0.2) is 5.84 Å². The van der Waals surface area contributed by atoms with E-state index in [2.05, 4.69) is 5.43 Å². The average molecular weight is 297 g/mol. The fourth-order valence-corrected chi connectivity index (χ4v) is 2.57. The van der Waals surface area contributed by atoms with Crippen molar-refractivity contribution in [2.75, 3.05) is 0 Å². The topological polar surface area (TPSA) is 64.3 Å². The Morgan fingerprint density at radius 3 is 3.00 bits per heavy atom. The quantitative estimate of drug-likeness (QED) is 0.518. The van der Waals surface area contributed by atoms with Crippen molar-refractivity contribution in [3.63, 3.8) is 0 Å². The Bertz CT molecular complexity index is 598. The molecule has 6 heteroatoms. The molecular formula is C13H13ClN2O2S. The van der Waals surface area contributed by atoms with Gasteiger partial charge in [0.2, 0.25) is 0 Å². The Kier molecular flexibility index (Phi) is 4.42. The molecule has 1 aromatic carbocycles. The number of halogens is 1. The molecule has 0 atom stereocenters. The van der Waals surface area contributed by atoms with E-state index < -0.39 is 0 Å². The molecule has 2 rings (SSSR count). The second-order valence-corrected chi connectivity index (χ2v) is 5.30. The molecule has 1 heterocycles. The van der Waals surface area contributed by atoms with Crippen LogP contribution < -0.4 is 16.0 Å². The molecule has 0 fully saturated rings. The number of rotatable bonds is 4. The highest BCUT2D eigenvalue weighted by molar-refractivity contribution is 7.12. The first-order valence-corrected chi connectivity index (χ1v) is 6.84. The normalized spacial score (nSPS) is 10.3. The average Bonchev–Trinajstić information content (AvgIpc) is 2.87. The third-order valence-corrected chi connectivity index (χ3v) is 3.81. The maximum atomic E-state index is 11.5. The fraction of sp³-hybridized carbons (Fsp3) is 0.154. The van der Waals surface area contributed by atoms with Gasteiger partial charge in [-0.1, -0.05) is 17.7 Å². The molecule has 0 aliphatic rings. The van der Waals surface area contributed by atoms with Gasteiger partial charge in [0.1, 0.15) is 12.4 Å². The number of carbonyl (C=O) groups is 1. The first kappa shape index (κ1) is 13.9. The van der Waals surface area contributed by atoms with Crippen molar-refractivity contribution in [2.45, 2.75) is 13.5 Å². The lowest BCUT2D eigenvalue weighted by atomic mass is 10.2. The van der Waals surface area contributed by atoms with E-state index in [1.54, 1.807) is 6.07 Å². The molecule has 0 radical (unpaired) electrons. The number of hydrazine groups is 1. The summed E-state index contributed by atoms with van der Waals surface area (Å²) in [4.78, 5) is 12.1. The van der Waals surface area contributed by atoms with E-state index in [0.29, 0.717) is 22.3 Å². The van der Waals surface area contributed by atoms with E-state index >= 15 is 0 Å². The molecule has 4 nitrogen and oxygen atoms in total. The number of ether oxygens (including phenoxy) is 1. The zero-order valence-electron chi connectivity index (χ0n) is 10.3. The van der Waals surface area contributed by atoms with Crippen molar-refractivity contribution in [1.82, 2.24) is 5.43 Å². The number of nitrogen functional groups attached to an aromatic ring is 1. The molecule has 0 aliphatic heterocycles. The van der Waals surface area contributed by atoms with Crippen molar-refractivity contribution < 1.29 is 9.53 Å². The minimum Gasteiger partial charge on any atom is -0.489 e. The monoisotopic (exact) mass is 296 g/mol. The van der Waals surface area contributed by atoms with Crippen LogP contribution in [0.15, 0.2) is 29.6 Å². The van der Waals surface area contributed by atoms with Gasteiger partial charge < -0.3 is 4.74 Å². The lowest BCUT2D eigenvalue weighted by Crippen LogP contribution is -2.30. The van der Waals surface area contributed by atoms with Gasteiger partial charge in [0.15, 0.2) is 0 Å². The Labute approximate surface area is 120 Å². The van der Waals surface area contributed by atoms with Gasteiger partial charge in [-0.3, -0.25) is 10.2 Å². The zero-order valence-corrected chi connectivity index (χ0v) is 11.8. The van der Waals surface area contributed by atoms with Crippen LogP contribution in [0.5, 0.6) is 5.75 Å². The summed E-state index contributed by atoms with van der Waals surface area (Å²) in [6, 6.07) is 7.29. The van der Waals surface area contributed by atoms with Gasteiger partial charge in [0.05, 0.1) is 4.88 Å². The first-order chi connectivity index (χ1) is 9.11. The third kappa shape index (κ3) is 3.26. The van der Waals surface area contributed by atoms with Gasteiger partial charge in [0, 0.05) is 10.6 Å². The predicted molar refractivity (Wildman–Crippen MR) is 76.5 cm³/mol. The molecule has 0 saturated carbocycles. The number of nitrogens with one attached hydrogen (secondary N) is 1. The van der Waals surface area contributed by atoms with Crippen LogP contribution in [-0.2, 0) is 6.61 Å². The van der Waals surface area contributed by atoms with Crippen LogP contribution in [0.1, 0.15) is 20.8 Å². The number of hydrogen-bond donors (Lipinski definition) is 2. The molecule has 1 amide bonds. The smallest absolute Gasteiger partial charge is 0.275 e. The molecular weight excluding hydrogens is 284 g/mol. The Hall–Kier alpha value is -1.56. The highest BCUT2D eigenvalue weighted by Gasteiger charge is 2.12. The molecule has 0 unspecified atom stereocenters. The Morgan fingerprint density at radius 2 is 2.26 bits per heavy atom. The van der Waals surface area contributed by atoms with Crippen molar-refractivity contribution in [1.29, 1.82) is 0 Å². The molecule has 0 spiro atoms.